The van der Waals surface area contributed by atoms with Crippen molar-refractivity contribution < 1.29 is 14.3 Å². The lowest BCUT2D eigenvalue weighted by atomic mass is 9.53. The zero-order chi connectivity index (χ0) is 15.7. The Labute approximate surface area is 138 Å². The Bertz CT molecular complexity index is 559. The van der Waals surface area contributed by atoms with E-state index < -0.39 is 0 Å². The predicted octanol–water partition coefficient (Wildman–Crippen LogP) is 3.87. The molecule has 4 aliphatic carbocycles. The normalized spacial score (nSPS) is 47.9. The minimum atomic E-state index is -0.290. The van der Waals surface area contributed by atoms with Crippen LogP contribution in [0.2, 0.25) is 0 Å². The molecule has 0 aromatic carbocycles. The van der Waals surface area contributed by atoms with Crippen molar-refractivity contribution in [3.63, 3.8) is 0 Å². The summed E-state index contributed by atoms with van der Waals surface area (Å²) in [7, 11) is 0. The molecule has 3 heteroatoms. The molecule has 0 aromatic rings. The number of hydrogen-bond donors (Lipinski definition) is 0. The summed E-state index contributed by atoms with van der Waals surface area (Å²) in [4.78, 5) is 12.4. The van der Waals surface area contributed by atoms with Crippen molar-refractivity contribution in [3.8, 4) is 0 Å². The van der Waals surface area contributed by atoms with Crippen LogP contribution in [0.4, 0.5) is 0 Å². The number of ether oxygens (including phenoxy) is 2. The first-order valence-electron chi connectivity index (χ1n) is 9.61. The largest absolute Gasteiger partial charge is 0.347 e. The van der Waals surface area contributed by atoms with E-state index in [1.807, 2.05) is 0 Å². The van der Waals surface area contributed by atoms with Gasteiger partial charge in [0.25, 0.3) is 0 Å². The van der Waals surface area contributed by atoms with Gasteiger partial charge in [0.1, 0.15) is 5.78 Å². The number of hydrogen-bond acceptors (Lipinski definition) is 3. The molecule has 0 N–H and O–H groups in total. The maximum Gasteiger partial charge on any atom is 0.172 e. The molecule has 5 atom stereocenters. The van der Waals surface area contributed by atoms with Crippen LogP contribution in [0.15, 0.2) is 11.6 Å². The second-order valence-electron chi connectivity index (χ2n) is 8.80. The van der Waals surface area contributed by atoms with Crippen molar-refractivity contribution in [2.24, 2.45) is 29.1 Å². The number of ketones is 1. The van der Waals surface area contributed by atoms with E-state index in [1.54, 1.807) is 5.57 Å². The molecule has 126 valence electrons. The minimum absolute atomic E-state index is 0.0000737. The quantitative estimate of drug-likeness (QED) is 0.636. The highest BCUT2D eigenvalue weighted by Crippen LogP contribution is 2.61. The molecule has 0 bridgehead atoms. The fourth-order valence-electron chi connectivity index (χ4n) is 6.76. The number of rotatable bonds is 0. The van der Waals surface area contributed by atoms with Crippen LogP contribution in [0.3, 0.4) is 0 Å². The summed E-state index contributed by atoms with van der Waals surface area (Å²) < 4.78 is 11.9. The first-order chi connectivity index (χ1) is 11.1. The van der Waals surface area contributed by atoms with Gasteiger partial charge in [0, 0.05) is 24.7 Å². The zero-order valence-electron chi connectivity index (χ0n) is 14.2. The number of allylic oxidation sites excluding steroid dienone is 1. The Morgan fingerprint density at radius 2 is 1.91 bits per heavy atom. The first-order valence-corrected chi connectivity index (χ1v) is 9.61. The Morgan fingerprint density at radius 3 is 2.74 bits per heavy atom. The summed E-state index contributed by atoms with van der Waals surface area (Å²) >= 11 is 0. The van der Waals surface area contributed by atoms with Gasteiger partial charge in [-0.05, 0) is 55.8 Å². The van der Waals surface area contributed by atoms with Crippen molar-refractivity contribution in [2.75, 3.05) is 13.2 Å². The van der Waals surface area contributed by atoms with E-state index in [0.717, 1.165) is 63.1 Å². The molecule has 1 saturated heterocycles. The molecule has 0 radical (unpaired) electrons. The van der Waals surface area contributed by atoms with Crippen LogP contribution in [0.5, 0.6) is 0 Å². The van der Waals surface area contributed by atoms with Gasteiger partial charge >= 0.3 is 0 Å². The summed E-state index contributed by atoms with van der Waals surface area (Å²) in [5.74, 6) is 3.17. The van der Waals surface area contributed by atoms with E-state index in [-0.39, 0.29) is 11.2 Å². The average Bonchev–Trinajstić information content (AvgIpc) is 3.12. The number of carbonyl (C=O) groups is 1. The Hall–Kier alpha value is -0.670. The third-order valence-corrected chi connectivity index (χ3v) is 7.97. The second-order valence-corrected chi connectivity index (χ2v) is 8.80. The molecule has 1 heterocycles. The maximum absolute atomic E-state index is 12.4. The monoisotopic (exact) mass is 316 g/mol. The van der Waals surface area contributed by atoms with Crippen molar-refractivity contribution >= 4 is 5.78 Å². The molecular formula is C20H28O3. The van der Waals surface area contributed by atoms with Crippen molar-refractivity contribution in [3.05, 3.63) is 11.6 Å². The third-order valence-electron chi connectivity index (χ3n) is 7.97. The van der Waals surface area contributed by atoms with Gasteiger partial charge in [-0.2, -0.15) is 0 Å². The van der Waals surface area contributed by atoms with E-state index in [2.05, 4.69) is 13.0 Å². The van der Waals surface area contributed by atoms with E-state index in [1.165, 1.54) is 19.3 Å². The van der Waals surface area contributed by atoms with Gasteiger partial charge in [0.05, 0.1) is 13.2 Å². The van der Waals surface area contributed by atoms with Crippen LogP contribution in [0, 0.1) is 29.1 Å². The second kappa shape index (κ2) is 4.92. The molecule has 3 nitrogen and oxygen atoms in total. The number of fused-ring (bicyclic) bond motifs is 5. The highest BCUT2D eigenvalue weighted by Gasteiger charge is 2.56. The number of Topliss-reactive ketones (excluding diaryl/α,β-unsaturated/α-hetero) is 1. The van der Waals surface area contributed by atoms with Crippen LogP contribution in [-0.4, -0.2) is 24.8 Å². The topological polar surface area (TPSA) is 35.5 Å². The van der Waals surface area contributed by atoms with Crippen molar-refractivity contribution in [1.82, 2.24) is 0 Å². The molecule has 0 unspecified atom stereocenters. The van der Waals surface area contributed by atoms with Crippen LogP contribution in [0.1, 0.15) is 58.3 Å². The summed E-state index contributed by atoms with van der Waals surface area (Å²) in [6, 6.07) is 0. The smallest absolute Gasteiger partial charge is 0.172 e. The summed E-state index contributed by atoms with van der Waals surface area (Å²) in [5.41, 5.74) is 1.60. The number of carbonyl (C=O) groups excluding carboxylic acids is 1. The van der Waals surface area contributed by atoms with Crippen LogP contribution >= 0.6 is 0 Å². The lowest BCUT2D eigenvalue weighted by Crippen LogP contribution is -2.48. The Balaban J connectivity index is 1.42. The molecule has 1 spiro atoms. The minimum Gasteiger partial charge on any atom is -0.347 e. The van der Waals surface area contributed by atoms with E-state index in [4.69, 9.17) is 9.47 Å². The van der Waals surface area contributed by atoms with Gasteiger partial charge in [-0.25, -0.2) is 0 Å². The highest BCUT2D eigenvalue weighted by molar-refractivity contribution is 5.87. The van der Waals surface area contributed by atoms with Crippen LogP contribution in [-0.2, 0) is 14.3 Å². The van der Waals surface area contributed by atoms with Gasteiger partial charge < -0.3 is 9.47 Å². The third kappa shape index (κ3) is 1.99. The maximum atomic E-state index is 12.4. The van der Waals surface area contributed by atoms with Crippen LogP contribution in [0.25, 0.3) is 0 Å². The molecule has 23 heavy (non-hydrogen) atoms. The van der Waals surface area contributed by atoms with Crippen molar-refractivity contribution in [2.45, 2.75) is 64.1 Å². The average molecular weight is 316 g/mol. The Kier molecular flexibility index (Phi) is 3.13. The lowest BCUT2D eigenvalue weighted by molar-refractivity contribution is -0.176. The molecule has 3 saturated carbocycles. The fourth-order valence-corrected chi connectivity index (χ4v) is 6.76. The zero-order valence-corrected chi connectivity index (χ0v) is 14.2. The summed E-state index contributed by atoms with van der Waals surface area (Å²) in [5, 5.41) is 0. The standard InChI is InChI=1S/C20H28O3/c1-19-8-6-15-14-7-9-20(22-10-11-23-20)12-13(14)2-3-16(15)17(19)4-5-18(19)21/h2,14-17H,3-12H2,1H3/t14-,15+,16+,17-,19-/m0/s1. The fraction of sp³-hybridized carbons (Fsp3) is 0.850. The highest BCUT2D eigenvalue weighted by atomic mass is 16.7. The molecule has 4 fully saturated rings. The van der Waals surface area contributed by atoms with Gasteiger partial charge in [0.2, 0.25) is 0 Å². The van der Waals surface area contributed by atoms with Crippen molar-refractivity contribution in [1.29, 1.82) is 0 Å². The SMILES string of the molecule is C[C@]12CC[C@H]3[C@@H](CC=C4CC5(CC[C@@H]43)OCCO5)[C@@H]1CCC2=O. The Morgan fingerprint density at radius 1 is 1.09 bits per heavy atom. The molecule has 5 aliphatic rings. The lowest BCUT2D eigenvalue weighted by Gasteiger charge is -2.52. The van der Waals surface area contributed by atoms with Gasteiger partial charge in [-0.3, -0.25) is 4.79 Å². The van der Waals surface area contributed by atoms with E-state index >= 15 is 0 Å². The van der Waals surface area contributed by atoms with Gasteiger partial charge in [0.15, 0.2) is 5.79 Å². The van der Waals surface area contributed by atoms with Crippen LogP contribution < -0.4 is 0 Å². The summed E-state index contributed by atoms with van der Waals surface area (Å²) in [6.45, 7) is 3.78. The molecule has 5 rings (SSSR count). The molecular weight excluding hydrogens is 288 g/mol. The predicted molar refractivity (Wildman–Crippen MR) is 86.7 cm³/mol. The van der Waals surface area contributed by atoms with E-state index in [0.29, 0.717) is 11.7 Å². The van der Waals surface area contributed by atoms with Gasteiger partial charge in [-0.1, -0.05) is 18.6 Å². The summed E-state index contributed by atoms with van der Waals surface area (Å²) in [6.07, 6.45) is 11.3. The molecule has 0 amide bonds. The molecule has 1 aliphatic heterocycles. The molecule has 0 aromatic heterocycles. The first kappa shape index (κ1) is 14.7. The van der Waals surface area contributed by atoms with E-state index in [9.17, 15) is 4.79 Å². The van der Waals surface area contributed by atoms with Gasteiger partial charge in [-0.15, -0.1) is 0 Å².